The summed E-state index contributed by atoms with van der Waals surface area (Å²) in [7, 11) is 0. The molecule has 0 spiro atoms. The van der Waals surface area contributed by atoms with Gasteiger partial charge in [-0.05, 0) is 43.5 Å². The number of aromatic nitrogens is 1. The van der Waals surface area contributed by atoms with Gasteiger partial charge in [-0.25, -0.2) is 4.39 Å². The van der Waals surface area contributed by atoms with Crippen LogP contribution in [0.25, 0.3) is 11.3 Å². The molecule has 3 rings (SSSR count). The van der Waals surface area contributed by atoms with Gasteiger partial charge in [0.25, 0.3) is 5.91 Å². The Hall–Kier alpha value is -1.92. The third kappa shape index (κ3) is 2.98. The first-order valence-corrected chi connectivity index (χ1v) is 7.32. The predicted molar refractivity (Wildman–Crippen MR) is 78.0 cm³/mol. The quantitative estimate of drug-likeness (QED) is 0.910. The summed E-state index contributed by atoms with van der Waals surface area (Å²) in [6, 6.07) is 5.44. The molecule has 1 heterocycles. The van der Waals surface area contributed by atoms with Crippen molar-refractivity contribution in [3.8, 4) is 11.3 Å². The minimum absolute atomic E-state index is 0.0117. The molecule has 1 amide bonds. The summed E-state index contributed by atoms with van der Waals surface area (Å²) in [4.78, 5) is 12.2. The monoisotopic (exact) mass is 324 g/mol. The SMILES string of the molecule is O=C(NC1CCC(O)C1)c1noc(-c2ccc(F)cc2)c1Cl. The van der Waals surface area contributed by atoms with Crippen LogP contribution in [-0.2, 0) is 0 Å². The molecule has 1 aliphatic rings. The van der Waals surface area contributed by atoms with Crippen LogP contribution in [0.2, 0.25) is 5.02 Å². The fourth-order valence-electron chi connectivity index (χ4n) is 2.54. The van der Waals surface area contributed by atoms with Gasteiger partial charge in [0.1, 0.15) is 10.8 Å². The Bertz CT molecular complexity index is 687. The van der Waals surface area contributed by atoms with Crippen LogP contribution in [0.3, 0.4) is 0 Å². The Morgan fingerprint density at radius 1 is 1.36 bits per heavy atom. The molecule has 0 saturated heterocycles. The second kappa shape index (κ2) is 6.06. The molecule has 7 heteroatoms. The minimum atomic E-state index is -0.443. The number of aliphatic hydroxyl groups is 1. The molecule has 1 aliphatic carbocycles. The highest BCUT2D eigenvalue weighted by molar-refractivity contribution is 6.35. The van der Waals surface area contributed by atoms with Crippen molar-refractivity contribution in [3.63, 3.8) is 0 Å². The summed E-state index contributed by atoms with van der Waals surface area (Å²) in [5.41, 5.74) is 0.525. The Morgan fingerprint density at radius 2 is 2.09 bits per heavy atom. The zero-order valence-corrected chi connectivity index (χ0v) is 12.3. The maximum atomic E-state index is 12.9. The van der Waals surface area contributed by atoms with Crippen molar-refractivity contribution in [1.82, 2.24) is 10.5 Å². The molecular weight excluding hydrogens is 311 g/mol. The third-order valence-corrected chi connectivity index (χ3v) is 4.05. The Labute approximate surface area is 131 Å². The number of nitrogens with one attached hydrogen (secondary N) is 1. The fourth-order valence-corrected chi connectivity index (χ4v) is 2.81. The molecule has 2 N–H and O–H groups in total. The van der Waals surface area contributed by atoms with Crippen LogP contribution in [0, 0.1) is 5.82 Å². The summed E-state index contributed by atoms with van der Waals surface area (Å²) in [6.07, 6.45) is 1.52. The van der Waals surface area contributed by atoms with E-state index in [-0.39, 0.29) is 34.4 Å². The number of carbonyl (C=O) groups is 1. The summed E-state index contributed by atoms with van der Waals surface area (Å²) in [5, 5.41) is 16.0. The van der Waals surface area contributed by atoms with Crippen LogP contribution in [0.15, 0.2) is 28.8 Å². The van der Waals surface area contributed by atoms with Crippen LogP contribution in [0.4, 0.5) is 4.39 Å². The van der Waals surface area contributed by atoms with Gasteiger partial charge in [0.2, 0.25) is 0 Å². The van der Waals surface area contributed by atoms with Crippen molar-refractivity contribution >= 4 is 17.5 Å². The van der Waals surface area contributed by atoms with Crippen molar-refractivity contribution in [2.45, 2.75) is 31.4 Å². The van der Waals surface area contributed by atoms with Crippen molar-refractivity contribution < 1.29 is 18.8 Å². The molecule has 1 aromatic carbocycles. The number of hydrogen-bond donors (Lipinski definition) is 2. The topological polar surface area (TPSA) is 75.4 Å². The van der Waals surface area contributed by atoms with Gasteiger partial charge in [0.05, 0.1) is 6.10 Å². The van der Waals surface area contributed by atoms with Crippen molar-refractivity contribution in [1.29, 1.82) is 0 Å². The molecule has 2 aromatic rings. The van der Waals surface area contributed by atoms with E-state index in [1.807, 2.05) is 0 Å². The average Bonchev–Trinajstić information content (AvgIpc) is 3.06. The van der Waals surface area contributed by atoms with E-state index in [0.29, 0.717) is 24.8 Å². The lowest BCUT2D eigenvalue weighted by Gasteiger charge is -2.10. The minimum Gasteiger partial charge on any atom is -0.393 e. The van der Waals surface area contributed by atoms with Gasteiger partial charge in [-0.1, -0.05) is 16.8 Å². The molecule has 5 nitrogen and oxygen atoms in total. The van der Waals surface area contributed by atoms with E-state index in [2.05, 4.69) is 10.5 Å². The first-order chi connectivity index (χ1) is 10.5. The number of aliphatic hydroxyl groups excluding tert-OH is 1. The highest BCUT2D eigenvalue weighted by atomic mass is 35.5. The Morgan fingerprint density at radius 3 is 2.73 bits per heavy atom. The van der Waals surface area contributed by atoms with E-state index in [1.165, 1.54) is 24.3 Å². The summed E-state index contributed by atoms with van der Waals surface area (Å²) >= 11 is 6.15. The van der Waals surface area contributed by atoms with Crippen LogP contribution in [-0.4, -0.2) is 28.3 Å². The van der Waals surface area contributed by atoms with Gasteiger partial charge in [0.15, 0.2) is 11.5 Å². The molecule has 1 aromatic heterocycles. The number of carbonyl (C=O) groups excluding carboxylic acids is 1. The van der Waals surface area contributed by atoms with Gasteiger partial charge >= 0.3 is 0 Å². The molecule has 116 valence electrons. The third-order valence-electron chi connectivity index (χ3n) is 3.70. The fraction of sp³-hybridized carbons (Fsp3) is 0.333. The lowest BCUT2D eigenvalue weighted by molar-refractivity contribution is 0.0925. The Balaban J connectivity index is 1.78. The normalized spacial score (nSPS) is 21.0. The molecule has 1 fully saturated rings. The van der Waals surface area contributed by atoms with E-state index >= 15 is 0 Å². The predicted octanol–water partition coefficient (Wildman–Crippen LogP) is 2.78. The number of halogens is 2. The molecule has 2 unspecified atom stereocenters. The van der Waals surface area contributed by atoms with E-state index in [0.717, 1.165) is 0 Å². The van der Waals surface area contributed by atoms with Crippen LogP contribution >= 0.6 is 11.6 Å². The lowest BCUT2D eigenvalue weighted by atomic mass is 10.1. The average molecular weight is 325 g/mol. The number of benzene rings is 1. The van der Waals surface area contributed by atoms with E-state index in [1.54, 1.807) is 0 Å². The van der Waals surface area contributed by atoms with Crippen molar-refractivity contribution in [2.75, 3.05) is 0 Å². The Kier molecular flexibility index (Phi) is 4.13. The molecule has 1 saturated carbocycles. The zero-order valence-electron chi connectivity index (χ0n) is 11.6. The summed E-state index contributed by atoms with van der Waals surface area (Å²) in [5.74, 6) is -0.600. The number of hydrogen-bond acceptors (Lipinski definition) is 4. The highest BCUT2D eigenvalue weighted by Crippen LogP contribution is 2.31. The van der Waals surface area contributed by atoms with Crippen LogP contribution in [0.5, 0.6) is 0 Å². The van der Waals surface area contributed by atoms with E-state index in [9.17, 15) is 14.3 Å². The maximum Gasteiger partial charge on any atom is 0.275 e. The summed E-state index contributed by atoms with van der Waals surface area (Å²) < 4.78 is 18.0. The van der Waals surface area contributed by atoms with Crippen LogP contribution < -0.4 is 5.32 Å². The molecule has 2 atom stereocenters. The highest BCUT2D eigenvalue weighted by Gasteiger charge is 2.27. The second-order valence-corrected chi connectivity index (χ2v) is 5.70. The van der Waals surface area contributed by atoms with Gasteiger partial charge < -0.3 is 14.9 Å². The number of rotatable bonds is 3. The first kappa shape index (κ1) is 15.0. The molecule has 0 bridgehead atoms. The standard InChI is InChI=1S/C15H14ClFN2O3/c16-12-13(15(21)18-10-5-6-11(20)7-10)19-22-14(12)8-1-3-9(17)4-2-8/h1-4,10-11,20H,5-7H2,(H,18,21). The molecule has 22 heavy (non-hydrogen) atoms. The van der Waals surface area contributed by atoms with E-state index in [4.69, 9.17) is 16.1 Å². The van der Waals surface area contributed by atoms with E-state index < -0.39 is 5.91 Å². The van der Waals surface area contributed by atoms with Gasteiger partial charge in [-0.2, -0.15) is 0 Å². The first-order valence-electron chi connectivity index (χ1n) is 6.94. The van der Waals surface area contributed by atoms with Crippen molar-refractivity contribution in [2.24, 2.45) is 0 Å². The molecule has 0 radical (unpaired) electrons. The smallest absolute Gasteiger partial charge is 0.275 e. The van der Waals surface area contributed by atoms with Crippen molar-refractivity contribution in [3.05, 3.63) is 40.8 Å². The van der Waals surface area contributed by atoms with Gasteiger partial charge in [-0.3, -0.25) is 4.79 Å². The summed E-state index contributed by atoms with van der Waals surface area (Å²) in [6.45, 7) is 0. The molecule has 0 aliphatic heterocycles. The van der Waals surface area contributed by atoms with Crippen LogP contribution in [0.1, 0.15) is 29.8 Å². The number of amides is 1. The second-order valence-electron chi connectivity index (χ2n) is 5.32. The molecular formula is C15H14ClFN2O3. The largest absolute Gasteiger partial charge is 0.393 e. The maximum absolute atomic E-state index is 12.9. The van der Waals surface area contributed by atoms with Gasteiger partial charge in [-0.15, -0.1) is 0 Å². The lowest BCUT2D eigenvalue weighted by Crippen LogP contribution is -2.33. The number of nitrogens with zero attached hydrogens (tertiary/aromatic N) is 1. The van der Waals surface area contributed by atoms with Gasteiger partial charge in [0, 0.05) is 11.6 Å². The zero-order chi connectivity index (χ0) is 15.7.